The molecule has 11 heteroatoms. The summed E-state index contributed by atoms with van der Waals surface area (Å²) in [4.78, 5) is 60.3. The average molecular weight is 464 g/mol. The van der Waals surface area contributed by atoms with E-state index in [0.717, 1.165) is 5.56 Å². The Morgan fingerprint density at radius 1 is 0.879 bits per heavy atom. The van der Waals surface area contributed by atoms with Crippen LogP contribution in [0.3, 0.4) is 0 Å². The Morgan fingerprint density at radius 2 is 1.42 bits per heavy atom. The number of carboxylic acid groups (broad SMARTS) is 1. The van der Waals surface area contributed by atoms with E-state index in [1.165, 1.54) is 6.92 Å². The summed E-state index contributed by atoms with van der Waals surface area (Å²) >= 11 is 0. The normalized spacial score (nSPS) is 14.5. The third kappa shape index (κ3) is 10.1. The third-order valence-corrected chi connectivity index (χ3v) is 4.74. The molecule has 33 heavy (non-hydrogen) atoms. The molecule has 4 amide bonds. The Kier molecular flexibility index (Phi) is 11.0. The molecule has 0 aromatic heterocycles. The van der Waals surface area contributed by atoms with Crippen molar-refractivity contribution in [2.24, 2.45) is 17.4 Å². The van der Waals surface area contributed by atoms with Crippen LogP contribution in [-0.4, -0.2) is 58.9 Å². The number of aliphatic carboxylic acids is 1. The standard InChI is InChI=1S/C22H33N5O6/c1-12(2)9-16(26-19(29)15(23)11-18(24)28)21(31)27-17(10-14-7-5-4-6-8-14)20(30)25-13(3)22(32)33/h4-8,12-13,15-17H,9-11,23H2,1-3H3,(H2,24,28)(H,25,30)(H,26,29)(H,27,31)(H,32,33). The number of nitrogens with two attached hydrogens (primary N) is 2. The van der Waals surface area contributed by atoms with Crippen LogP contribution in [0.15, 0.2) is 30.3 Å². The molecular formula is C22H33N5O6. The number of hydrogen-bond acceptors (Lipinski definition) is 6. The summed E-state index contributed by atoms with van der Waals surface area (Å²) in [5, 5.41) is 16.6. The predicted octanol–water partition coefficient (Wildman–Crippen LogP) is -0.963. The molecule has 0 spiro atoms. The lowest BCUT2D eigenvalue weighted by Crippen LogP contribution is -2.57. The van der Waals surface area contributed by atoms with Crippen molar-refractivity contribution >= 4 is 29.6 Å². The molecule has 0 saturated carbocycles. The fourth-order valence-electron chi connectivity index (χ4n) is 3.00. The number of carbonyl (C=O) groups excluding carboxylic acids is 4. The first kappa shape index (κ1) is 27.6. The average Bonchev–Trinajstić information content (AvgIpc) is 2.72. The van der Waals surface area contributed by atoms with E-state index in [0.29, 0.717) is 0 Å². The highest BCUT2D eigenvalue weighted by molar-refractivity contribution is 5.95. The van der Waals surface area contributed by atoms with E-state index in [1.807, 2.05) is 13.8 Å². The number of amides is 4. The second-order valence-corrected chi connectivity index (χ2v) is 8.29. The van der Waals surface area contributed by atoms with Crippen molar-refractivity contribution in [3.8, 4) is 0 Å². The van der Waals surface area contributed by atoms with Gasteiger partial charge in [0.1, 0.15) is 18.1 Å². The molecule has 0 radical (unpaired) electrons. The second kappa shape index (κ2) is 13.2. The lowest BCUT2D eigenvalue weighted by molar-refractivity contribution is -0.141. The molecule has 182 valence electrons. The monoisotopic (exact) mass is 463 g/mol. The summed E-state index contributed by atoms with van der Waals surface area (Å²) in [7, 11) is 0. The van der Waals surface area contributed by atoms with Gasteiger partial charge in [-0.3, -0.25) is 24.0 Å². The molecule has 0 fully saturated rings. The molecule has 8 N–H and O–H groups in total. The lowest BCUT2D eigenvalue weighted by atomic mass is 10.0. The zero-order chi connectivity index (χ0) is 25.1. The van der Waals surface area contributed by atoms with Crippen LogP contribution in [0.5, 0.6) is 0 Å². The van der Waals surface area contributed by atoms with E-state index >= 15 is 0 Å². The Hall–Kier alpha value is -3.47. The largest absolute Gasteiger partial charge is 0.480 e. The molecule has 1 aromatic carbocycles. The Labute approximate surface area is 192 Å². The first-order chi connectivity index (χ1) is 15.4. The molecule has 1 aromatic rings. The van der Waals surface area contributed by atoms with Crippen LogP contribution in [0.25, 0.3) is 0 Å². The minimum Gasteiger partial charge on any atom is -0.480 e. The van der Waals surface area contributed by atoms with Crippen LogP contribution >= 0.6 is 0 Å². The first-order valence-corrected chi connectivity index (χ1v) is 10.6. The highest BCUT2D eigenvalue weighted by Crippen LogP contribution is 2.09. The van der Waals surface area contributed by atoms with E-state index in [9.17, 15) is 24.0 Å². The van der Waals surface area contributed by atoms with Crippen molar-refractivity contribution in [2.45, 2.75) is 64.2 Å². The summed E-state index contributed by atoms with van der Waals surface area (Å²) < 4.78 is 0. The minimum absolute atomic E-state index is 0.00171. The lowest BCUT2D eigenvalue weighted by Gasteiger charge is -2.25. The number of rotatable bonds is 13. The van der Waals surface area contributed by atoms with E-state index in [1.54, 1.807) is 30.3 Å². The van der Waals surface area contributed by atoms with Gasteiger partial charge >= 0.3 is 5.97 Å². The van der Waals surface area contributed by atoms with E-state index < -0.39 is 53.8 Å². The highest BCUT2D eigenvalue weighted by Gasteiger charge is 2.30. The van der Waals surface area contributed by atoms with Gasteiger partial charge in [-0.25, -0.2) is 0 Å². The van der Waals surface area contributed by atoms with Crippen molar-refractivity contribution in [1.82, 2.24) is 16.0 Å². The first-order valence-electron chi connectivity index (χ1n) is 10.6. The molecule has 0 heterocycles. The molecule has 0 aliphatic heterocycles. The number of carbonyl (C=O) groups is 5. The number of hydrogen-bond donors (Lipinski definition) is 6. The minimum atomic E-state index is -1.22. The van der Waals surface area contributed by atoms with Crippen molar-refractivity contribution in [3.63, 3.8) is 0 Å². The van der Waals surface area contributed by atoms with Crippen molar-refractivity contribution in [1.29, 1.82) is 0 Å². The zero-order valence-electron chi connectivity index (χ0n) is 19.0. The fraction of sp³-hybridized carbons (Fsp3) is 0.500. The second-order valence-electron chi connectivity index (χ2n) is 8.29. The maximum Gasteiger partial charge on any atom is 0.325 e. The fourth-order valence-corrected chi connectivity index (χ4v) is 3.00. The van der Waals surface area contributed by atoms with Gasteiger partial charge < -0.3 is 32.5 Å². The quantitative estimate of drug-likeness (QED) is 0.217. The number of primary amides is 1. The van der Waals surface area contributed by atoms with Gasteiger partial charge in [0.15, 0.2) is 0 Å². The summed E-state index contributed by atoms with van der Waals surface area (Å²) in [5.41, 5.74) is 11.5. The van der Waals surface area contributed by atoms with Crippen LogP contribution in [0.4, 0.5) is 0 Å². The van der Waals surface area contributed by atoms with Gasteiger partial charge in [-0.1, -0.05) is 44.2 Å². The number of nitrogens with one attached hydrogen (secondary N) is 3. The molecule has 0 aliphatic rings. The van der Waals surface area contributed by atoms with Gasteiger partial charge in [0.25, 0.3) is 0 Å². The van der Waals surface area contributed by atoms with Crippen LogP contribution in [0, 0.1) is 5.92 Å². The van der Waals surface area contributed by atoms with Crippen LogP contribution in [-0.2, 0) is 30.4 Å². The molecule has 0 aliphatic carbocycles. The number of carboxylic acids is 1. The van der Waals surface area contributed by atoms with E-state index in [4.69, 9.17) is 16.6 Å². The van der Waals surface area contributed by atoms with Gasteiger partial charge in [0, 0.05) is 6.42 Å². The van der Waals surface area contributed by atoms with Gasteiger partial charge in [-0.15, -0.1) is 0 Å². The molecule has 4 atom stereocenters. The molecule has 0 saturated heterocycles. The maximum absolute atomic E-state index is 13.0. The predicted molar refractivity (Wildman–Crippen MR) is 120 cm³/mol. The molecule has 1 rings (SSSR count). The summed E-state index contributed by atoms with van der Waals surface area (Å²) in [6.45, 7) is 5.00. The van der Waals surface area contributed by atoms with Crippen molar-refractivity contribution < 1.29 is 29.1 Å². The van der Waals surface area contributed by atoms with E-state index in [-0.39, 0.29) is 25.2 Å². The Morgan fingerprint density at radius 3 is 1.94 bits per heavy atom. The Bertz CT molecular complexity index is 845. The van der Waals surface area contributed by atoms with Gasteiger partial charge in [-0.05, 0) is 24.8 Å². The topological polar surface area (TPSA) is 194 Å². The maximum atomic E-state index is 13.0. The SMILES string of the molecule is CC(C)CC(NC(=O)C(N)CC(N)=O)C(=O)NC(Cc1ccccc1)C(=O)NC(C)C(=O)O. The Balaban J connectivity index is 3.04. The molecular weight excluding hydrogens is 430 g/mol. The van der Waals surface area contributed by atoms with Crippen molar-refractivity contribution in [2.75, 3.05) is 0 Å². The van der Waals surface area contributed by atoms with Gasteiger partial charge in [0.05, 0.1) is 12.5 Å². The summed E-state index contributed by atoms with van der Waals surface area (Å²) in [6, 6.07) is 4.38. The zero-order valence-corrected chi connectivity index (χ0v) is 19.0. The molecule has 4 unspecified atom stereocenters. The molecule has 11 nitrogen and oxygen atoms in total. The summed E-state index contributed by atoms with van der Waals surface area (Å²) in [5.74, 6) is -4.01. The smallest absolute Gasteiger partial charge is 0.325 e. The van der Waals surface area contributed by atoms with Crippen molar-refractivity contribution in [3.05, 3.63) is 35.9 Å². The van der Waals surface area contributed by atoms with Gasteiger partial charge in [0.2, 0.25) is 23.6 Å². The third-order valence-electron chi connectivity index (χ3n) is 4.74. The molecule has 0 bridgehead atoms. The highest BCUT2D eigenvalue weighted by atomic mass is 16.4. The van der Waals surface area contributed by atoms with Crippen LogP contribution < -0.4 is 27.4 Å². The number of benzene rings is 1. The van der Waals surface area contributed by atoms with Crippen LogP contribution in [0.1, 0.15) is 39.2 Å². The van der Waals surface area contributed by atoms with E-state index in [2.05, 4.69) is 16.0 Å². The van der Waals surface area contributed by atoms with Gasteiger partial charge in [-0.2, -0.15) is 0 Å². The van der Waals surface area contributed by atoms with Crippen LogP contribution in [0.2, 0.25) is 0 Å². The summed E-state index contributed by atoms with van der Waals surface area (Å²) in [6.07, 6.45) is -0.0334.